The fourth-order valence-electron chi connectivity index (χ4n) is 3.20. The fraction of sp³-hybridized carbons (Fsp3) is 0.100. The molecule has 0 bridgehead atoms. The summed E-state index contributed by atoms with van der Waals surface area (Å²) in [5.74, 6) is -0.885. The maximum atomic E-state index is 13.3. The Hall–Kier alpha value is -4.14. The van der Waals surface area contributed by atoms with E-state index in [9.17, 15) is 19.2 Å². The second-order valence-corrected chi connectivity index (χ2v) is 6.38. The Bertz CT molecular complexity index is 1350. The van der Waals surface area contributed by atoms with Crippen LogP contribution in [0, 0.1) is 0 Å². The molecule has 1 aromatic carbocycles. The summed E-state index contributed by atoms with van der Waals surface area (Å²) in [4.78, 5) is 58.1. The van der Waals surface area contributed by atoms with E-state index in [1.165, 1.54) is 35.2 Å². The number of nitrogens with two attached hydrogens (primary N) is 1. The molecule has 4 rings (SSSR count). The predicted molar refractivity (Wildman–Crippen MR) is 106 cm³/mol. The molecule has 1 aliphatic heterocycles. The monoisotopic (exact) mass is 389 g/mol. The third-order valence-electron chi connectivity index (χ3n) is 4.50. The molecule has 1 amide bonds. The van der Waals surface area contributed by atoms with Crippen LogP contribution < -0.4 is 17.0 Å². The molecule has 0 saturated carbocycles. The number of carbonyl (C=O) groups is 2. The highest BCUT2D eigenvalue weighted by molar-refractivity contribution is 6.01. The maximum absolute atomic E-state index is 13.3. The first-order valence-corrected chi connectivity index (χ1v) is 8.73. The quantitative estimate of drug-likeness (QED) is 0.697. The van der Waals surface area contributed by atoms with Gasteiger partial charge >= 0.3 is 5.69 Å². The number of para-hydroxylation sites is 1. The number of allylic oxidation sites excluding steroid dienone is 2. The standard InChI is InChI=1S/C20H15N5O4/c21-17(27)14-4-1-2-6-16(14)25-18-15(5-3-8-23-18)19(28)24(20(25)29)11-12-10-13(26)7-9-22-12/h1-6,8-10H,7,11H2,(H2,21,27). The number of amides is 1. The molecule has 2 aromatic heterocycles. The van der Waals surface area contributed by atoms with Crippen molar-refractivity contribution in [3.8, 4) is 5.69 Å². The van der Waals surface area contributed by atoms with E-state index in [2.05, 4.69) is 9.98 Å². The largest absolute Gasteiger partial charge is 0.366 e. The number of carbonyl (C=O) groups excluding carboxylic acids is 2. The van der Waals surface area contributed by atoms with Crippen LogP contribution in [0.1, 0.15) is 16.8 Å². The molecule has 3 aromatic rings. The molecule has 0 atom stereocenters. The van der Waals surface area contributed by atoms with Gasteiger partial charge in [0, 0.05) is 24.9 Å². The first-order valence-electron chi connectivity index (χ1n) is 8.73. The van der Waals surface area contributed by atoms with Gasteiger partial charge in [-0.05, 0) is 24.3 Å². The topological polar surface area (TPSA) is 129 Å². The van der Waals surface area contributed by atoms with Crippen LogP contribution in [0.25, 0.3) is 16.7 Å². The third kappa shape index (κ3) is 3.18. The lowest BCUT2D eigenvalue weighted by Gasteiger charge is -2.15. The van der Waals surface area contributed by atoms with Gasteiger partial charge in [-0.15, -0.1) is 0 Å². The highest BCUT2D eigenvalue weighted by Gasteiger charge is 2.20. The first kappa shape index (κ1) is 18.2. The predicted octanol–water partition coefficient (Wildman–Crippen LogP) is 0.574. The van der Waals surface area contributed by atoms with Gasteiger partial charge in [-0.2, -0.15) is 0 Å². The summed E-state index contributed by atoms with van der Waals surface area (Å²) in [6.45, 7) is -0.191. The summed E-state index contributed by atoms with van der Waals surface area (Å²) in [7, 11) is 0. The van der Waals surface area contributed by atoms with Crippen LogP contribution in [0.3, 0.4) is 0 Å². The number of hydrogen-bond acceptors (Lipinski definition) is 6. The van der Waals surface area contributed by atoms with Crippen molar-refractivity contribution in [1.82, 2.24) is 14.1 Å². The summed E-state index contributed by atoms with van der Waals surface area (Å²) in [6, 6.07) is 9.41. The summed E-state index contributed by atoms with van der Waals surface area (Å²) in [6.07, 6.45) is 4.37. The molecule has 0 aliphatic carbocycles. The van der Waals surface area contributed by atoms with Crippen molar-refractivity contribution in [3.63, 3.8) is 0 Å². The van der Waals surface area contributed by atoms with Crippen molar-refractivity contribution in [2.45, 2.75) is 13.0 Å². The number of benzene rings is 1. The zero-order chi connectivity index (χ0) is 20.5. The van der Waals surface area contributed by atoms with E-state index in [0.29, 0.717) is 5.70 Å². The minimum atomic E-state index is -0.723. The van der Waals surface area contributed by atoms with Gasteiger partial charge in [0.25, 0.3) is 11.5 Å². The molecule has 3 heterocycles. The van der Waals surface area contributed by atoms with Crippen molar-refractivity contribution in [2.24, 2.45) is 10.7 Å². The van der Waals surface area contributed by atoms with Crippen LogP contribution in [0.4, 0.5) is 0 Å². The minimum Gasteiger partial charge on any atom is -0.366 e. The summed E-state index contributed by atoms with van der Waals surface area (Å²) >= 11 is 0. The Morgan fingerprint density at radius 1 is 1.10 bits per heavy atom. The molecule has 9 nitrogen and oxygen atoms in total. The highest BCUT2D eigenvalue weighted by atomic mass is 16.2. The van der Waals surface area contributed by atoms with Gasteiger partial charge in [0.1, 0.15) is 0 Å². The molecule has 0 fully saturated rings. The molecular weight excluding hydrogens is 374 g/mol. The third-order valence-corrected chi connectivity index (χ3v) is 4.50. The van der Waals surface area contributed by atoms with E-state index in [1.54, 1.807) is 24.3 Å². The van der Waals surface area contributed by atoms with Crippen LogP contribution in [0.2, 0.25) is 0 Å². The van der Waals surface area contributed by atoms with Gasteiger partial charge in [-0.3, -0.25) is 23.9 Å². The Balaban J connectivity index is 2.05. The molecule has 1 aliphatic rings. The van der Waals surface area contributed by atoms with Crippen LogP contribution >= 0.6 is 0 Å². The fourth-order valence-corrected chi connectivity index (χ4v) is 3.20. The Morgan fingerprint density at radius 3 is 2.66 bits per heavy atom. The van der Waals surface area contributed by atoms with Crippen LogP contribution in [-0.2, 0) is 11.3 Å². The number of aliphatic imine (C=N–C) groups is 1. The van der Waals surface area contributed by atoms with Crippen molar-refractivity contribution in [3.05, 3.63) is 80.8 Å². The summed E-state index contributed by atoms with van der Waals surface area (Å²) in [5, 5.41) is 0.179. The van der Waals surface area contributed by atoms with Crippen LogP contribution in [-0.4, -0.2) is 32.0 Å². The normalized spacial score (nSPS) is 13.5. The molecule has 0 unspecified atom stereocenters. The number of nitrogens with zero attached hydrogens (tertiary/aromatic N) is 4. The Morgan fingerprint density at radius 2 is 1.90 bits per heavy atom. The number of rotatable bonds is 4. The zero-order valence-electron chi connectivity index (χ0n) is 15.1. The number of hydrogen-bond donors (Lipinski definition) is 1. The number of pyridine rings is 1. The number of fused-ring (bicyclic) bond motifs is 1. The number of ketones is 1. The lowest BCUT2D eigenvalue weighted by Crippen LogP contribution is -2.40. The van der Waals surface area contributed by atoms with Gasteiger partial charge in [0.2, 0.25) is 0 Å². The molecule has 29 heavy (non-hydrogen) atoms. The molecule has 144 valence electrons. The van der Waals surface area contributed by atoms with Crippen LogP contribution in [0.5, 0.6) is 0 Å². The zero-order valence-corrected chi connectivity index (χ0v) is 15.1. The average molecular weight is 389 g/mol. The van der Waals surface area contributed by atoms with Crippen molar-refractivity contribution < 1.29 is 9.59 Å². The second-order valence-electron chi connectivity index (χ2n) is 6.38. The SMILES string of the molecule is NC(=O)c1ccccc1-n1c(=O)n(CC2=CC(=O)CC=N2)c(=O)c2cccnc21. The van der Waals surface area contributed by atoms with Crippen LogP contribution in [0.15, 0.2) is 68.9 Å². The van der Waals surface area contributed by atoms with E-state index in [0.717, 1.165) is 4.57 Å². The number of aromatic nitrogens is 3. The molecule has 0 spiro atoms. The molecular formula is C20H15N5O4. The van der Waals surface area contributed by atoms with Gasteiger partial charge in [-0.25, -0.2) is 14.3 Å². The summed E-state index contributed by atoms with van der Waals surface area (Å²) in [5.41, 5.74) is 4.89. The molecule has 0 radical (unpaired) electrons. The smallest absolute Gasteiger partial charge is 0.337 e. The lowest BCUT2D eigenvalue weighted by atomic mass is 10.1. The average Bonchev–Trinajstić information content (AvgIpc) is 2.71. The molecule has 2 N–H and O–H groups in total. The minimum absolute atomic E-state index is 0.102. The lowest BCUT2D eigenvalue weighted by molar-refractivity contribution is -0.113. The maximum Gasteiger partial charge on any atom is 0.337 e. The van der Waals surface area contributed by atoms with Crippen molar-refractivity contribution in [1.29, 1.82) is 0 Å². The van der Waals surface area contributed by atoms with Gasteiger partial charge in [0.05, 0.1) is 28.9 Å². The Kier molecular flexibility index (Phi) is 4.47. The highest BCUT2D eigenvalue weighted by Crippen LogP contribution is 2.16. The molecule has 0 saturated heterocycles. The van der Waals surface area contributed by atoms with E-state index >= 15 is 0 Å². The van der Waals surface area contributed by atoms with Gasteiger partial charge in [0.15, 0.2) is 11.4 Å². The van der Waals surface area contributed by atoms with E-state index in [1.807, 2.05) is 0 Å². The Labute approximate surface area is 163 Å². The summed E-state index contributed by atoms with van der Waals surface area (Å²) < 4.78 is 2.13. The second kappa shape index (κ2) is 7.12. The van der Waals surface area contributed by atoms with Gasteiger partial charge in [-0.1, -0.05) is 12.1 Å². The first-order chi connectivity index (χ1) is 14.0. The van der Waals surface area contributed by atoms with E-state index in [-0.39, 0.29) is 41.0 Å². The van der Waals surface area contributed by atoms with Crippen molar-refractivity contribution in [2.75, 3.05) is 0 Å². The van der Waals surface area contributed by atoms with E-state index < -0.39 is 17.2 Å². The number of primary amides is 1. The van der Waals surface area contributed by atoms with E-state index in [4.69, 9.17) is 5.73 Å². The van der Waals surface area contributed by atoms with Crippen molar-refractivity contribution >= 4 is 28.9 Å². The van der Waals surface area contributed by atoms with Gasteiger partial charge < -0.3 is 5.73 Å². The molecule has 9 heteroatoms.